The van der Waals surface area contributed by atoms with Crippen LogP contribution in [0.2, 0.25) is 0 Å². The molecule has 0 fully saturated rings. The Kier molecular flexibility index (Phi) is 23.9. The number of carbonyl (C=O) groups excluding carboxylic acids is 2. The third-order valence-electron chi connectivity index (χ3n) is 7.05. The molecule has 0 saturated heterocycles. The molecule has 0 atom stereocenters. The van der Waals surface area contributed by atoms with Gasteiger partial charge in [-0.25, -0.2) is 0 Å². The van der Waals surface area contributed by atoms with Crippen molar-refractivity contribution in [1.29, 1.82) is 0 Å². The molecule has 0 aliphatic carbocycles. The Morgan fingerprint density at radius 3 is 0.842 bits per heavy atom. The Hall–Kier alpha value is -4.08. The molecule has 0 aliphatic heterocycles. The molecule has 0 saturated carbocycles. The Balaban J connectivity index is 0.000000370. The first-order valence-electron chi connectivity index (χ1n) is 16.6. The van der Waals surface area contributed by atoms with Crippen LogP contribution in [0.3, 0.4) is 0 Å². The predicted octanol–water partition coefficient (Wildman–Crippen LogP) is 15.4. The summed E-state index contributed by atoms with van der Waals surface area (Å²) in [4.78, 5) is 22.5. The van der Waals surface area contributed by atoms with Crippen molar-refractivity contribution in [3.63, 3.8) is 0 Å². The average Bonchev–Trinajstić information content (AvgIpc) is 3.16. The minimum absolute atomic E-state index is 0.0506. The van der Waals surface area contributed by atoms with Gasteiger partial charge in [-0.3, -0.25) is 9.59 Å². The fourth-order valence-corrected chi connectivity index (χ4v) is 4.20. The average molecular weight is 911 g/mol. The molecule has 0 spiro atoms. The fraction of sp³-hybridized carbons (Fsp3) is 0.136. The van der Waals surface area contributed by atoms with Crippen LogP contribution in [-0.2, 0) is 23.5 Å². The van der Waals surface area contributed by atoms with Crippen LogP contribution in [-0.4, -0.2) is 11.0 Å². The van der Waals surface area contributed by atoms with Crippen molar-refractivity contribution in [2.75, 3.05) is 0 Å². The standard InChI is InChI=1S/C15H11F3O.C8H4ClF3O.3C7H8.3ClH.Fe/c1-10-2-4-11(5-3-10)14(19)12-6-8-13(9-7-12)15(16,17)18;9-7(13)5-1-3-6(4-2-5)8(10,11)12;3*1-7-5-3-2-4-6-7;;;;/h2-9H,1H3;1-4H;3*2-6H,1H3;3*1H;/q;;;;;;;;+3/p-3. The monoisotopic (exact) mass is 909 g/mol. The molecule has 0 amide bonds. The van der Waals surface area contributed by atoms with E-state index in [-0.39, 0.29) is 16.9 Å². The topological polar surface area (TPSA) is 34.1 Å². The molecular weight excluding hydrogens is 872 g/mol. The quantitative estimate of drug-likeness (QED) is 0.0767. The summed E-state index contributed by atoms with van der Waals surface area (Å²) in [5, 5.41) is -0.770. The van der Waals surface area contributed by atoms with Gasteiger partial charge >= 0.3 is 53.8 Å². The number of hydrogen-bond acceptors (Lipinski definition) is 2. The molecule has 6 rings (SSSR count). The maximum atomic E-state index is 12.4. The van der Waals surface area contributed by atoms with E-state index in [1.54, 1.807) is 24.3 Å². The van der Waals surface area contributed by atoms with Gasteiger partial charge in [0.2, 0.25) is 0 Å². The number of aryl methyl sites for hydroxylation is 4. The molecule has 0 aliphatic rings. The second-order valence-electron chi connectivity index (χ2n) is 11.7. The van der Waals surface area contributed by atoms with Crippen LogP contribution >= 0.6 is 41.9 Å². The minimum atomic E-state index is -4.38. The molecule has 6 aromatic rings. The van der Waals surface area contributed by atoms with Crippen LogP contribution < -0.4 is 0 Å². The van der Waals surface area contributed by atoms with Crippen molar-refractivity contribution in [3.8, 4) is 0 Å². The van der Waals surface area contributed by atoms with Crippen molar-refractivity contribution in [3.05, 3.63) is 214 Å². The number of alkyl halides is 6. The van der Waals surface area contributed by atoms with Crippen LogP contribution in [0.25, 0.3) is 0 Å². The van der Waals surface area contributed by atoms with E-state index in [1.165, 1.54) is 28.8 Å². The second kappa shape index (κ2) is 26.8. The Bertz CT molecular complexity index is 1900. The fourth-order valence-electron chi connectivity index (χ4n) is 4.08. The molecule has 2 nitrogen and oxygen atoms in total. The normalized spacial score (nSPS) is 10.4. The van der Waals surface area contributed by atoms with E-state index >= 15 is 0 Å². The van der Waals surface area contributed by atoms with Crippen molar-refractivity contribution in [2.45, 2.75) is 40.0 Å². The maximum absolute atomic E-state index is 12.4. The van der Waals surface area contributed by atoms with Crippen LogP contribution in [0, 0.1) is 27.7 Å². The van der Waals surface area contributed by atoms with Crippen molar-refractivity contribution in [2.24, 2.45) is 0 Å². The summed E-state index contributed by atoms with van der Waals surface area (Å²) in [6, 6.07) is 45.6. The van der Waals surface area contributed by atoms with Crippen LogP contribution in [0.5, 0.6) is 0 Å². The van der Waals surface area contributed by atoms with Gasteiger partial charge in [0.25, 0.3) is 5.24 Å². The summed E-state index contributed by atoms with van der Waals surface area (Å²) in [5.74, 6) is -0.284. The van der Waals surface area contributed by atoms with Crippen LogP contribution in [0.1, 0.15) is 59.7 Å². The van der Waals surface area contributed by atoms with Gasteiger partial charge < -0.3 is 0 Å². The van der Waals surface area contributed by atoms with E-state index < -0.39 is 39.9 Å². The molecule has 57 heavy (non-hydrogen) atoms. The summed E-state index contributed by atoms with van der Waals surface area (Å²) in [5.41, 5.74) is 4.19. The third kappa shape index (κ3) is 23.7. The summed E-state index contributed by atoms with van der Waals surface area (Å²) < 4.78 is 73.2. The van der Waals surface area contributed by atoms with Crippen molar-refractivity contribution >= 4 is 52.9 Å². The molecule has 0 radical (unpaired) electrons. The van der Waals surface area contributed by atoms with Gasteiger partial charge in [0.15, 0.2) is 5.78 Å². The molecule has 6 aromatic carbocycles. The first-order valence-corrected chi connectivity index (χ1v) is 21.5. The van der Waals surface area contributed by atoms with E-state index in [0.29, 0.717) is 5.56 Å². The first kappa shape index (κ1) is 50.9. The van der Waals surface area contributed by atoms with E-state index in [9.17, 15) is 35.9 Å². The molecule has 0 N–H and O–H groups in total. The van der Waals surface area contributed by atoms with Crippen molar-refractivity contribution < 1.29 is 47.1 Å². The number of hydrogen-bond donors (Lipinski definition) is 0. The number of rotatable bonds is 3. The van der Waals surface area contributed by atoms with Gasteiger partial charge in [0, 0.05) is 16.7 Å². The van der Waals surface area contributed by atoms with Crippen LogP contribution in [0.15, 0.2) is 164 Å². The third-order valence-corrected chi connectivity index (χ3v) is 7.27. The van der Waals surface area contributed by atoms with Gasteiger partial charge in [-0.2, -0.15) is 26.3 Å². The van der Waals surface area contributed by atoms with E-state index in [4.69, 9.17) is 41.9 Å². The summed E-state index contributed by atoms with van der Waals surface area (Å²) >= 11 is 3.72. The predicted molar refractivity (Wildman–Crippen MR) is 219 cm³/mol. The van der Waals surface area contributed by atoms with Gasteiger partial charge in [-0.15, -0.1) is 0 Å². The van der Waals surface area contributed by atoms with Gasteiger partial charge in [0.1, 0.15) is 0 Å². The molecule has 0 unspecified atom stereocenters. The van der Waals surface area contributed by atoms with Crippen molar-refractivity contribution in [1.82, 2.24) is 0 Å². The van der Waals surface area contributed by atoms with Gasteiger partial charge in [0.05, 0.1) is 11.1 Å². The van der Waals surface area contributed by atoms with Gasteiger partial charge in [-0.1, -0.05) is 150 Å². The zero-order valence-corrected chi connectivity index (χ0v) is 35.2. The van der Waals surface area contributed by atoms with E-state index in [2.05, 4.69) is 57.2 Å². The Morgan fingerprint density at radius 2 is 0.632 bits per heavy atom. The molecular formula is C44H39Cl4F6FeO2. The number of halogens is 10. The summed E-state index contributed by atoms with van der Waals surface area (Å²) in [6.45, 7) is 8.15. The van der Waals surface area contributed by atoms with E-state index in [0.717, 1.165) is 42.0 Å². The molecule has 0 heterocycles. The molecule has 0 bridgehead atoms. The summed E-state index contributed by atoms with van der Waals surface area (Å²) in [7, 11) is 14.7. The zero-order chi connectivity index (χ0) is 43.0. The number of ketones is 1. The second-order valence-corrected chi connectivity index (χ2v) is 17.5. The Morgan fingerprint density at radius 1 is 0.404 bits per heavy atom. The van der Waals surface area contributed by atoms with Crippen LogP contribution in [0.4, 0.5) is 26.3 Å². The molecule has 0 aromatic heterocycles. The molecule has 13 heteroatoms. The molecule has 305 valence electrons. The number of benzene rings is 6. The number of carbonyl (C=O) groups is 2. The summed E-state index contributed by atoms with van der Waals surface area (Å²) in [6.07, 6.45) is -8.76. The Labute approximate surface area is 352 Å². The van der Waals surface area contributed by atoms with E-state index in [1.807, 2.05) is 61.5 Å². The first-order chi connectivity index (χ1) is 26.7. The SMILES string of the molecule is Cc1ccc(C(=O)c2ccc(C(F)(F)F)cc2)cc1.Cc1ccccc1.Cc1ccccc1.Cc1ccccc1.O=C(Cl)c1ccc(C(F)(F)F)cc1.[Cl][Fe]([Cl])[Cl]. The zero-order valence-electron chi connectivity index (χ0n) is 31.0. The van der Waals surface area contributed by atoms with Gasteiger partial charge in [-0.05, 0) is 75.7 Å².